The van der Waals surface area contributed by atoms with Crippen molar-refractivity contribution < 1.29 is 9.53 Å². The van der Waals surface area contributed by atoms with Crippen molar-refractivity contribution >= 4 is 17.0 Å². The lowest BCUT2D eigenvalue weighted by atomic mass is 10.2. The molecule has 0 aliphatic heterocycles. The number of hydrogen-bond acceptors (Lipinski definition) is 4. The van der Waals surface area contributed by atoms with E-state index >= 15 is 0 Å². The Labute approximate surface area is 110 Å². The van der Waals surface area contributed by atoms with E-state index in [1.54, 1.807) is 17.6 Å². The third kappa shape index (κ3) is 2.70. The number of esters is 1. The van der Waals surface area contributed by atoms with Gasteiger partial charge in [-0.2, -0.15) is 0 Å². The molecule has 0 radical (unpaired) electrons. The number of aromatic nitrogens is 2. The molecule has 1 aromatic heterocycles. The molecule has 0 fully saturated rings. The fraction of sp³-hybridized carbons (Fsp3) is 0.214. The Morgan fingerprint density at radius 1 is 1.42 bits per heavy atom. The number of para-hydroxylation sites is 2. The quantitative estimate of drug-likeness (QED) is 0.618. The highest BCUT2D eigenvalue weighted by atomic mass is 16.5. The van der Waals surface area contributed by atoms with E-state index in [1.165, 1.54) is 13.3 Å². The molecule has 5 heteroatoms. The van der Waals surface area contributed by atoms with Crippen LogP contribution in [-0.4, -0.2) is 22.6 Å². The monoisotopic (exact) mass is 258 g/mol. The molecule has 0 atom stereocenters. The summed E-state index contributed by atoms with van der Waals surface area (Å²) in [5, 5.41) is 0. The van der Waals surface area contributed by atoms with Gasteiger partial charge in [0.15, 0.2) is 0 Å². The standard InChI is InChI=1S/C14H14N2O3/c1-10(14(18)19-2)7-8-16-12-6-4-3-5-11(12)15-9-13(16)17/h3-7,9H,8H2,1-2H3. The number of hydrogen-bond donors (Lipinski definition) is 0. The first kappa shape index (κ1) is 13.0. The van der Waals surface area contributed by atoms with Gasteiger partial charge in [-0.15, -0.1) is 0 Å². The minimum Gasteiger partial charge on any atom is -0.466 e. The molecule has 0 bridgehead atoms. The number of nitrogens with zero attached hydrogens (tertiary/aromatic N) is 2. The van der Waals surface area contributed by atoms with Crippen molar-refractivity contribution in [2.24, 2.45) is 0 Å². The van der Waals surface area contributed by atoms with Crippen molar-refractivity contribution in [2.45, 2.75) is 13.5 Å². The van der Waals surface area contributed by atoms with Crippen LogP contribution in [0.3, 0.4) is 0 Å². The predicted molar refractivity (Wildman–Crippen MR) is 71.8 cm³/mol. The van der Waals surface area contributed by atoms with E-state index in [4.69, 9.17) is 0 Å². The summed E-state index contributed by atoms with van der Waals surface area (Å²) >= 11 is 0. The van der Waals surface area contributed by atoms with Gasteiger partial charge in [0.25, 0.3) is 5.56 Å². The van der Waals surface area contributed by atoms with Crippen molar-refractivity contribution in [3.63, 3.8) is 0 Å². The largest absolute Gasteiger partial charge is 0.466 e. The SMILES string of the molecule is COC(=O)C(C)=CCn1c(=O)cnc2ccccc21. The minimum absolute atomic E-state index is 0.201. The van der Waals surface area contributed by atoms with Gasteiger partial charge in [0, 0.05) is 12.1 Å². The van der Waals surface area contributed by atoms with Crippen LogP contribution >= 0.6 is 0 Å². The van der Waals surface area contributed by atoms with Gasteiger partial charge in [-0.3, -0.25) is 4.79 Å². The second-order valence-electron chi connectivity index (χ2n) is 4.07. The first-order valence-corrected chi connectivity index (χ1v) is 5.83. The zero-order valence-corrected chi connectivity index (χ0v) is 10.8. The van der Waals surface area contributed by atoms with Gasteiger partial charge in [0.2, 0.25) is 0 Å². The Balaban J connectivity index is 2.43. The highest BCUT2D eigenvalue weighted by Gasteiger charge is 2.05. The Hall–Kier alpha value is -2.43. The maximum absolute atomic E-state index is 11.8. The fourth-order valence-electron chi connectivity index (χ4n) is 1.78. The molecule has 0 saturated carbocycles. The third-order valence-electron chi connectivity index (χ3n) is 2.84. The van der Waals surface area contributed by atoms with Gasteiger partial charge in [-0.1, -0.05) is 18.2 Å². The van der Waals surface area contributed by atoms with Crippen LogP contribution in [0.25, 0.3) is 11.0 Å². The van der Waals surface area contributed by atoms with Gasteiger partial charge in [0.1, 0.15) is 0 Å². The van der Waals surface area contributed by atoms with Gasteiger partial charge < -0.3 is 9.30 Å². The number of carbonyl (C=O) groups is 1. The molecule has 2 rings (SSSR count). The summed E-state index contributed by atoms with van der Waals surface area (Å²) in [6, 6.07) is 7.36. The zero-order chi connectivity index (χ0) is 13.8. The van der Waals surface area contributed by atoms with Crippen LogP contribution in [0.1, 0.15) is 6.92 Å². The Bertz CT molecular complexity index is 701. The normalized spacial score (nSPS) is 11.6. The van der Waals surface area contributed by atoms with Crippen LogP contribution in [0.5, 0.6) is 0 Å². The molecular weight excluding hydrogens is 244 g/mol. The molecule has 0 aliphatic carbocycles. The first-order chi connectivity index (χ1) is 9.13. The van der Waals surface area contributed by atoms with Gasteiger partial charge in [-0.25, -0.2) is 9.78 Å². The minimum atomic E-state index is -0.397. The number of fused-ring (bicyclic) bond motifs is 1. The molecule has 19 heavy (non-hydrogen) atoms. The lowest BCUT2D eigenvalue weighted by Gasteiger charge is -2.07. The van der Waals surface area contributed by atoms with Crippen LogP contribution in [0.15, 0.2) is 46.9 Å². The third-order valence-corrected chi connectivity index (χ3v) is 2.84. The van der Waals surface area contributed by atoms with Crippen LogP contribution < -0.4 is 5.56 Å². The maximum atomic E-state index is 11.8. The Kier molecular flexibility index (Phi) is 3.75. The maximum Gasteiger partial charge on any atom is 0.333 e. The Morgan fingerprint density at radius 3 is 2.89 bits per heavy atom. The van der Waals surface area contributed by atoms with Crippen molar-refractivity contribution in [3.8, 4) is 0 Å². The summed E-state index contributed by atoms with van der Waals surface area (Å²) in [4.78, 5) is 27.2. The molecule has 0 amide bonds. The van der Waals surface area contributed by atoms with E-state index in [9.17, 15) is 9.59 Å². The average molecular weight is 258 g/mol. The second-order valence-corrected chi connectivity index (χ2v) is 4.07. The van der Waals surface area contributed by atoms with Crippen LogP contribution in [0.2, 0.25) is 0 Å². The molecule has 0 spiro atoms. The van der Waals surface area contributed by atoms with E-state index < -0.39 is 5.97 Å². The highest BCUT2D eigenvalue weighted by molar-refractivity contribution is 5.87. The van der Waals surface area contributed by atoms with Crippen LogP contribution in [-0.2, 0) is 16.1 Å². The van der Waals surface area contributed by atoms with Crippen molar-refractivity contribution in [1.29, 1.82) is 0 Å². The zero-order valence-electron chi connectivity index (χ0n) is 10.8. The Morgan fingerprint density at radius 2 is 2.16 bits per heavy atom. The number of ether oxygens (including phenoxy) is 1. The predicted octanol–water partition coefficient (Wildman–Crippen LogP) is 1.52. The molecule has 1 heterocycles. The smallest absolute Gasteiger partial charge is 0.333 e. The van der Waals surface area contributed by atoms with Gasteiger partial charge in [0.05, 0.1) is 24.3 Å². The van der Waals surface area contributed by atoms with E-state index in [2.05, 4.69) is 9.72 Å². The van der Waals surface area contributed by atoms with E-state index in [0.29, 0.717) is 12.1 Å². The van der Waals surface area contributed by atoms with Crippen LogP contribution in [0.4, 0.5) is 0 Å². The molecule has 5 nitrogen and oxygen atoms in total. The second kappa shape index (κ2) is 5.48. The molecule has 98 valence electrons. The highest BCUT2D eigenvalue weighted by Crippen LogP contribution is 2.08. The summed E-state index contributed by atoms with van der Waals surface area (Å²) in [6.45, 7) is 1.96. The molecule has 0 unspecified atom stereocenters. The summed E-state index contributed by atoms with van der Waals surface area (Å²) in [6.07, 6.45) is 2.95. The number of allylic oxidation sites excluding steroid dienone is 1. The number of carbonyl (C=O) groups excluding carboxylic acids is 1. The summed E-state index contributed by atoms with van der Waals surface area (Å²) < 4.78 is 6.18. The molecule has 2 aromatic rings. The van der Waals surface area contributed by atoms with Crippen LogP contribution in [0, 0.1) is 0 Å². The van der Waals surface area contributed by atoms with Crippen molar-refractivity contribution in [3.05, 3.63) is 52.5 Å². The first-order valence-electron chi connectivity index (χ1n) is 5.83. The topological polar surface area (TPSA) is 61.2 Å². The molecule has 1 aromatic carbocycles. The lowest BCUT2D eigenvalue weighted by Crippen LogP contribution is -2.20. The summed E-state index contributed by atoms with van der Waals surface area (Å²) in [5.41, 5.74) is 1.75. The van der Waals surface area contributed by atoms with Crippen molar-refractivity contribution in [2.75, 3.05) is 7.11 Å². The molecular formula is C14H14N2O3. The van der Waals surface area contributed by atoms with E-state index in [-0.39, 0.29) is 5.56 Å². The van der Waals surface area contributed by atoms with Gasteiger partial charge in [-0.05, 0) is 19.1 Å². The molecule has 0 aliphatic rings. The van der Waals surface area contributed by atoms with E-state index in [1.807, 2.05) is 24.3 Å². The van der Waals surface area contributed by atoms with Crippen molar-refractivity contribution in [1.82, 2.24) is 9.55 Å². The molecule has 0 N–H and O–H groups in total. The van der Waals surface area contributed by atoms with E-state index in [0.717, 1.165) is 11.0 Å². The average Bonchev–Trinajstić information content (AvgIpc) is 2.45. The number of rotatable bonds is 3. The molecule has 0 saturated heterocycles. The summed E-state index contributed by atoms with van der Waals surface area (Å²) in [5.74, 6) is -0.397. The number of methoxy groups -OCH3 is 1. The lowest BCUT2D eigenvalue weighted by molar-refractivity contribution is -0.136. The number of benzene rings is 1. The van der Waals surface area contributed by atoms with Gasteiger partial charge >= 0.3 is 5.97 Å². The summed E-state index contributed by atoms with van der Waals surface area (Å²) in [7, 11) is 1.33. The fourth-order valence-corrected chi connectivity index (χ4v) is 1.78.